The number of halogens is 3. The predicted molar refractivity (Wildman–Crippen MR) is 47.9 cm³/mol. The van der Waals surface area contributed by atoms with Crippen molar-refractivity contribution < 1.29 is 21.6 Å². The Bertz CT molecular complexity index is 248. The van der Waals surface area contributed by atoms with Gasteiger partial charge in [-0.1, -0.05) is 6.92 Å². The molecule has 0 spiro atoms. The Hall–Kier alpha value is -0.300. The van der Waals surface area contributed by atoms with Crippen molar-refractivity contribution in [2.75, 3.05) is 24.6 Å². The number of hydrogen-bond donors (Lipinski definition) is 1. The molecule has 0 fully saturated rings. The molecule has 86 valence electrons. The first-order valence-electron chi connectivity index (χ1n) is 4.25. The van der Waals surface area contributed by atoms with Gasteiger partial charge < -0.3 is 5.32 Å². The third kappa shape index (κ3) is 8.31. The maximum Gasteiger partial charge on any atom is 0.390 e. The first-order valence-corrected chi connectivity index (χ1v) is 6.07. The summed E-state index contributed by atoms with van der Waals surface area (Å²) in [4.78, 5) is 0. The summed E-state index contributed by atoms with van der Waals surface area (Å²) in [6.07, 6.45) is -5.12. The Labute approximate surface area is 81.6 Å². The van der Waals surface area contributed by atoms with E-state index in [1.165, 1.54) is 6.92 Å². The lowest BCUT2D eigenvalue weighted by Crippen LogP contribution is -2.27. The van der Waals surface area contributed by atoms with Gasteiger partial charge in [-0.05, 0) is 0 Å². The van der Waals surface area contributed by atoms with Crippen molar-refractivity contribution >= 4 is 9.84 Å². The van der Waals surface area contributed by atoms with Gasteiger partial charge in [0.2, 0.25) is 0 Å². The number of rotatable bonds is 6. The van der Waals surface area contributed by atoms with Gasteiger partial charge in [-0.2, -0.15) is 13.2 Å². The molecule has 3 nitrogen and oxygen atoms in total. The Morgan fingerprint density at radius 1 is 1.21 bits per heavy atom. The maximum absolute atomic E-state index is 11.6. The van der Waals surface area contributed by atoms with Gasteiger partial charge in [0, 0.05) is 18.8 Å². The Balaban J connectivity index is 3.49. The molecule has 0 atom stereocenters. The molecule has 0 aromatic carbocycles. The molecule has 1 N–H and O–H groups in total. The van der Waals surface area contributed by atoms with Crippen LogP contribution < -0.4 is 5.32 Å². The van der Waals surface area contributed by atoms with Crippen LogP contribution in [0.3, 0.4) is 0 Å². The van der Waals surface area contributed by atoms with Crippen molar-refractivity contribution in [3.8, 4) is 0 Å². The largest absolute Gasteiger partial charge is 0.390 e. The zero-order valence-corrected chi connectivity index (χ0v) is 8.71. The molecule has 0 unspecified atom stereocenters. The van der Waals surface area contributed by atoms with E-state index in [-0.39, 0.29) is 24.6 Å². The third-order valence-electron chi connectivity index (χ3n) is 1.61. The first-order chi connectivity index (χ1) is 6.27. The van der Waals surface area contributed by atoms with Crippen LogP contribution in [0.1, 0.15) is 13.3 Å². The lowest BCUT2D eigenvalue weighted by atomic mass is 10.4. The van der Waals surface area contributed by atoms with E-state index in [9.17, 15) is 21.6 Å². The summed E-state index contributed by atoms with van der Waals surface area (Å²) < 4.78 is 56.7. The number of hydrogen-bond acceptors (Lipinski definition) is 3. The van der Waals surface area contributed by atoms with Gasteiger partial charge in [0.25, 0.3) is 0 Å². The van der Waals surface area contributed by atoms with Crippen LogP contribution in [0.2, 0.25) is 0 Å². The van der Waals surface area contributed by atoms with Gasteiger partial charge in [-0.15, -0.1) is 0 Å². The summed E-state index contributed by atoms with van der Waals surface area (Å²) in [7, 11) is -3.08. The van der Waals surface area contributed by atoms with Crippen molar-refractivity contribution in [3.63, 3.8) is 0 Å². The number of nitrogens with one attached hydrogen (secondary N) is 1. The molecule has 0 amide bonds. The van der Waals surface area contributed by atoms with Crippen molar-refractivity contribution in [2.45, 2.75) is 19.5 Å². The van der Waals surface area contributed by atoms with Gasteiger partial charge >= 0.3 is 6.18 Å². The van der Waals surface area contributed by atoms with Crippen LogP contribution in [-0.4, -0.2) is 39.2 Å². The summed E-state index contributed by atoms with van der Waals surface area (Å²) in [5.74, 6) is -0.0880. The zero-order chi connectivity index (χ0) is 11.2. The summed E-state index contributed by atoms with van der Waals surface area (Å²) in [5, 5.41) is 2.43. The van der Waals surface area contributed by atoms with Crippen molar-refractivity contribution in [3.05, 3.63) is 0 Å². The van der Waals surface area contributed by atoms with E-state index < -0.39 is 22.4 Å². The van der Waals surface area contributed by atoms with E-state index in [4.69, 9.17) is 0 Å². The molecule has 0 saturated heterocycles. The molecule has 0 bridgehead atoms. The Morgan fingerprint density at radius 3 is 2.21 bits per heavy atom. The van der Waals surface area contributed by atoms with E-state index in [0.717, 1.165) is 0 Å². The normalized spacial score (nSPS) is 13.1. The van der Waals surface area contributed by atoms with Gasteiger partial charge in [0.05, 0.1) is 12.2 Å². The Morgan fingerprint density at radius 2 is 1.79 bits per heavy atom. The predicted octanol–water partition coefficient (Wildman–Crippen LogP) is 0.963. The minimum atomic E-state index is -4.18. The molecule has 0 aromatic heterocycles. The van der Waals surface area contributed by atoms with Crippen molar-refractivity contribution in [1.82, 2.24) is 5.32 Å². The highest BCUT2D eigenvalue weighted by atomic mass is 32.2. The highest BCUT2D eigenvalue weighted by Gasteiger charge is 2.25. The fourth-order valence-electron chi connectivity index (χ4n) is 0.727. The van der Waals surface area contributed by atoms with Crippen molar-refractivity contribution in [2.24, 2.45) is 0 Å². The molecule has 0 rings (SSSR count). The van der Waals surface area contributed by atoms with E-state index in [2.05, 4.69) is 5.32 Å². The molecule has 14 heavy (non-hydrogen) atoms. The molecule has 0 aliphatic carbocycles. The first kappa shape index (κ1) is 13.7. The highest BCUT2D eigenvalue weighted by Crippen LogP contribution is 2.17. The van der Waals surface area contributed by atoms with E-state index in [1.54, 1.807) is 0 Å². The molecule has 0 radical (unpaired) electrons. The van der Waals surface area contributed by atoms with Crippen LogP contribution in [0, 0.1) is 0 Å². The second-order valence-electron chi connectivity index (χ2n) is 2.85. The maximum atomic E-state index is 11.6. The molecule has 0 aromatic rings. The fraction of sp³-hybridized carbons (Fsp3) is 1.00. The molecule has 0 aliphatic rings. The van der Waals surface area contributed by atoms with Crippen LogP contribution in [0.4, 0.5) is 13.2 Å². The van der Waals surface area contributed by atoms with Crippen LogP contribution in [-0.2, 0) is 9.84 Å². The topological polar surface area (TPSA) is 46.2 Å². The second-order valence-corrected chi connectivity index (χ2v) is 5.32. The third-order valence-corrected chi connectivity index (χ3v) is 3.32. The SMILES string of the molecule is CCS(=O)(=O)CCNCCC(F)(F)F. The monoisotopic (exact) mass is 233 g/mol. The average Bonchev–Trinajstić information content (AvgIpc) is 2.01. The standard InChI is InChI=1S/C7H14F3NO2S/c1-2-14(12,13)6-5-11-4-3-7(8,9)10/h11H,2-6H2,1H3. The molecular weight excluding hydrogens is 219 g/mol. The molecule has 0 aliphatic heterocycles. The van der Waals surface area contributed by atoms with Gasteiger partial charge in [-0.25, -0.2) is 8.42 Å². The molecular formula is C7H14F3NO2S. The number of sulfone groups is 1. The average molecular weight is 233 g/mol. The van der Waals surface area contributed by atoms with Crippen LogP contribution in [0.15, 0.2) is 0 Å². The number of alkyl halides is 3. The van der Waals surface area contributed by atoms with E-state index in [0.29, 0.717) is 0 Å². The quantitative estimate of drug-likeness (QED) is 0.695. The lowest BCUT2D eigenvalue weighted by Gasteiger charge is -2.07. The zero-order valence-electron chi connectivity index (χ0n) is 7.89. The smallest absolute Gasteiger partial charge is 0.315 e. The van der Waals surface area contributed by atoms with Crippen LogP contribution >= 0.6 is 0 Å². The van der Waals surface area contributed by atoms with Gasteiger partial charge in [0.1, 0.15) is 0 Å². The summed E-state index contributed by atoms with van der Waals surface area (Å²) in [6.45, 7) is 1.35. The summed E-state index contributed by atoms with van der Waals surface area (Å²) in [5.41, 5.74) is 0. The van der Waals surface area contributed by atoms with E-state index in [1.807, 2.05) is 0 Å². The minimum Gasteiger partial charge on any atom is -0.315 e. The second kappa shape index (κ2) is 5.55. The molecule has 0 heterocycles. The minimum absolute atomic E-state index is 0.0218. The van der Waals surface area contributed by atoms with E-state index >= 15 is 0 Å². The fourth-order valence-corrected chi connectivity index (χ4v) is 1.47. The van der Waals surface area contributed by atoms with Gasteiger partial charge in [0.15, 0.2) is 9.84 Å². The highest BCUT2D eigenvalue weighted by molar-refractivity contribution is 7.91. The summed E-state index contributed by atoms with van der Waals surface area (Å²) in [6, 6.07) is 0. The summed E-state index contributed by atoms with van der Waals surface area (Å²) >= 11 is 0. The molecule has 7 heteroatoms. The van der Waals surface area contributed by atoms with Crippen LogP contribution in [0.5, 0.6) is 0 Å². The molecule has 0 saturated carbocycles. The Kier molecular flexibility index (Phi) is 5.43. The van der Waals surface area contributed by atoms with Gasteiger partial charge in [-0.3, -0.25) is 0 Å². The lowest BCUT2D eigenvalue weighted by molar-refractivity contribution is -0.133. The van der Waals surface area contributed by atoms with Crippen molar-refractivity contribution in [1.29, 1.82) is 0 Å². The van der Waals surface area contributed by atoms with Crippen LogP contribution in [0.25, 0.3) is 0 Å².